The summed E-state index contributed by atoms with van der Waals surface area (Å²) in [6.45, 7) is 3.42. The molecule has 1 nitrogen and oxygen atoms in total. The molecular formula is C11H11F3O. The third-order valence-corrected chi connectivity index (χ3v) is 2.27. The van der Waals surface area contributed by atoms with Crippen molar-refractivity contribution in [2.24, 2.45) is 0 Å². The van der Waals surface area contributed by atoms with Gasteiger partial charge in [0, 0.05) is 5.56 Å². The number of carbonyl (C=O) groups excluding carboxylic acids is 1. The van der Waals surface area contributed by atoms with Gasteiger partial charge in [-0.2, -0.15) is 13.2 Å². The highest BCUT2D eigenvalue weighted by Gasteiger charge is 2.32. The van der Waals surface area contributed by atoms with Crippen molar-refractivity contribution < 1.29 is 18.0 Å². The molecule has 0 heterocycles. The van der Waals surface area contributed by atoms with Gasteiger partial charge in [-0.05, 0) is 25.0 Å². The number of benzene rings is 1. The van der Waals surface area contributed by atoms with Gasteiger partial charge in [0.25, 0.3) is 0 Å². The van der Waals surface area contributed by atoms with Gasteiger partial charge in [0.05, 0.1) is 0 Å². The summed E-state index contributed by atoms with van der Waals surface area (Å²) in [5, 5.41) is 0. The second kappa shape index (κ2) is 4.04. The number of alkyl halides is 3. The Labute approximate surface area is 85.9 Å². The summed E-state index contributed by atoms with van der Waals surface area (Å²) < 4.78 is 36.0. The number of halogens is 3. The topological polar surface area (TPSA) is 17.1 Å². The van der Waals surface area contributed by atoms with Crippen LogP contribution in [0.4, 0.5) is 13.2 Å². The van der Waals surface area contributed by atoms with Crippen molar-refractivity contribution in [2.75, 3.05) is 0 Å². The summed E-state index contributed by atoms with van der Waals surface area (Å²) in [4.78, 5) is 11.3. The van der Waals surface area contributed by atoms with Crippen LogP contribution in [-0.2, 0) is 0 Å². The summed E-state index contributed by atoms with van der Waals surface area (Å²) in [5.41, 5.74) is 1.60. The lowest BCUT2D eigenvalue weighted by Gasteiger charge is -2.09. The number of rotatable bonds is 2. The van der Waals surface area contributed by atoms with Gasteiger partial charge in [-0.25, -0.2) is 0 Å². The first-order valence-corrected chi connectivity index (χ1v) is 4.47. The van der Waals surface area contributed by atoms with Crippen molar-refractivity contribution in [1.29, 1.82) is 0 Å². The third-order valence-electron chi connectivity index (χ3n) is 2.27. The molecule has 0 amide bonds. The summed E-state index contributed by atoms with van der Waals surface area (Å²) in [6, 6.07) is 4.78. The number of carbonyl (C=O) groups is 1. The monoisotopic (exact) mass is 216 g/mol. The van der Waals surface area contributed by atoms with E-state index in [1.165, 1.54) is 6.07 Å². The predicted octanol–water partition coefficient (Wildman–Crippen LogP) is 3.44. The van der Waals surface area contributed by atoms with E-state index in [0.29, 0.717) is 5.56 Å². The largest absolute Gasteiger partial charge is 0.396 e. The molecule has 0 spiro atoms. The van der Waals surface area contributed by atoms with E-state index in [-0.39, 0.29) is 5.56 Å². The van der Waals surface area contributed by atoms with Crippen LogP contribution in [0.2, 0.25) is 0 Å². The van der Waals surface area contributed by atoms with Crippen LogP contribution in [-0.4, -0.2) is 12.0 Å². The van der Waals surface area contributed by atoms with Crippen LogP contribution in [0.3, 0.4) is 0 Å². The molecule has 0 aromatic heterocycles. The molecule has 1 rings (SSSR count). The zero-order chi connectivity index (χ0) is 11.6. The van der Waals surface area contributed by atoms with Gasteiger partial charge in [0.1, 0.15) is 6.42 Å². The molecule has 0 aliphatic carbocycles. The van der Waals surface area contributed by atoms with Crippen LogP contribution < -0.4 is 0 Å². The number of hydrogen-bond donors (Lipinski definition) is 0. The highest BCUT2D eigenvalue weighted by Crippen LogP contribution is 2.24. The fourth-order valence-electron chi connectivity index (χ4n) is 1.33. The molecule has 1 aromatic carbocycles. The molecule has 0 fully saturated rings. The lowest BCUT2D eigenvalue weighted by atomic mass is 9.99. The first kappa shape index (κ1) is 11.8. The summed E-state index contributed by atoms with van der Waals surface area (Å²) in [6.07, 6.45) is -5.83. The number of ketones is 1. The molecule has 0 bridgehead atoms. The summed E-state index contributed by atoms with van der Waals surface area (Å²) >= 11 is 0. The van der Waals surface area contributed by atoms with Crippen molar-refractivity contribution in [3.05, 3.63) is 34.9 Å². The van der Waals surface area contributed by atoms with E-state index in [4.69, 9.17) is 0 Å². The molecule has 0 aliphatic heterocycles. The summed E-state index contributed by atoms with van der Waals surface area (Å²) in [5.74, 6) is -0.872. The molecule has 1 aromatic rings. The molecule has 0 saturated heterocycles. The van der Waals surface area contributed by atoms with Crippen LogP contribution in [0, 0.1) is 13.8 Å². The van der Waals surface area contributed by atoms with Gasteiger partial charge in [0.15, 0.2) is 5.78 Å². The number of Topliss-reactive ketones (excluding diaryl/α,β-unsaturated/α-hetero) is 1. The number of aryl methyl sites for hydroxylation is 1. The Hall–Kier alpha value is -1.32. The Morgan fingerprint density at radius 1 is 1.27 bits per heavy atom. The molecule has 4 heteroatoms. The van der Waals surface area contributed by atoms with E-state index < -0.39 is 18.4 Å². The van der Waals surface area contributed by atoms with E-state index in [2.05, 4.69) is 0 Å². The van der Waals surface area contributed by atoms with Gasteiger partial charge >= 0.3 is 6.18 Å². The zero-order valence-electron chi connectivity index (χ0n) is 8.48. The van der Waals surface area contributed by atoms with E-state index in [9.17, 15) is 18.0 Å². The Kier molecular flexibility index (Phi) is 3.17. The molecule has 0 atom stereocenters. The van der Waals surface area contributed by atoms with Crippen LogP contribution in [0.25, 0.3) is 0 Å². The van der Waals surface area contributed by atoms with Gasteiger partial charge in [0.2, 0.25) is 0 Å². The molecule has 0 saturated carbocycles. The fraction of sp³-hybridized carbons (Fsp3) is 0.364. The maximum absolute atomic E-state index is 12.0. The van der Waals surface area contributed by atoms with Crippen LogP contribution >= 0.6 is 0 Å². The first-order chi connectivity index (χ1) is 6.81. The van der Waals surface area contributed by atoms with E-state index in [1.54, 1.807) is 26.0 Å². The highest BCUT2D eigenvalue weighted by atomic mass is 19.4. The normalized spacial score (nSPS) is 11.5. The van der Waals surface area contributed by atoms with Crippen LogP contribution in [0.1, 0.15) is 27.9 Å². The lowest BCUT2D eigenvalue weighted by molar-refractivity contribution is -0.125. The smallest absolute Gasteiger partial charge is 0.294 e. The van der Waals surface area contributed by atoms with E-state index in [1.807, 2.05) is 0 Å². The maximum atomic E-state index is 12.0. The molecule has 0 aliphatic rings. The zero-order valence-corrected chi connectivity index (χ0v) is 8.48. The van der Waals surface area contributed by atoms with Crippen LogP contribution in [0.15, 0.2) is 18.2 Å². The van der Waals surface area contributed by atoms with Crippen LogP contribution in [0.5, 0.6) is 0 Å². The van der Waals surface area contributed by atoms with Crippen molar-refractivity contribution in [2.45, 2.75) is 26.4 Å². The predicted molar refractivity (Wildman–Crippen MR) is 50.9 cm³/mol. The molecule has 0 unspecified atom stereocenters. The molecule has 0 radical (unpaired) electrons. The molecule has 0 N–H and O–H groups in total. The van der Waals surface area contributed by atoms with Gasteiger partial charge in [-0.1, -0.05) is 18.2 Å². The molecular weight excluding hydrogens is 205 g/mol. The minimum Gasteiger partial charge on any atom is -0.294 e. The Balaban J connectivity index is 2.97. The van der Waals surface area contributed by atoms with Gasteiger partial charge < -0.3 is 0 Å². The van der Waals surface area contributed by atoms with Crippen molar-refractivity contribution in [1.82, 2.24) is 0 Å². The van der Waals surface area contributed by atoms with Gasteiger partial charge in [-0.3, -0.25) is 4.79 Å². The quantitative estimate of drug-likeness (QED) is 0.692. The van der Waals surface area contributed by atoms with E-state index >= 15 is 0 Å². The highest BCUT2D eigenvalue weighted by molar-refractivity contribution is 5.98. The Morgan fingerprint density at radius 3 is 2.40 bits per heavy atom. The lowest BCUT2D eigenvalue weighted by Crippen LogP contribution is -2.16. The Morgan fingerprint density at radius 2 is 1.87 bits per heavy atom. The van der Waals surface area contributed by atoms with Crippen molar-refractivity contribution in [3.8, 4) is 0 Å². The van der Waals surface area contributed by atoms with Crippen molar-refractivity contribution >= 4 is 5.78 Å². The third kappa shape index (κ3) is 3.08. The van der Waals surface area contributed by atoms with Crippen molar-refractivity contribution in [3.63, 3.8) is 0 Å². The Bertz CT molecular complexity index is 380. The SMILES string of the molecule is Cc1cccc(C(=O)CC(F)(F)F)c1C. The standard InChI is InChI=1S/C11H11F3O/c1-7-4-3-5-9(8(7)2)10(15)6-11(12,13)14/h3-5H,6H2,1-2H3. The minimum atomic E-state index is -4.44. The minimum absolute atomic E-state index is 0.160. The van der Waals surface area contributed by atoms with E-state index in [0.717, 1.165) is 5.56 Å². The first-order valence-electron chi connectivity index (χ1n) is 4.47. The average molecular weight is 216 g/mol. The second-order valence-corrected chi connectivity index (χ2v) is 3.46. The maximum Gasteiger partial charge on any atom is 0.396 e. The number of hydrogen-bond acceptors (Lipinski definition) is 1. The fourth-order valence-corrected chi connectivity index (χ4v) is 1.33. The molecule has 15 heavy (non-hydrogen) atoms. The average Bonchev–Trinajstić information content (AvgIpc) is 2.06. The molecule has 82 valence electrons. The summed E-state index contributed by atoms with van der Waals surface area (Å²) in [7, 11) is 0. The van der Waals surface area contributed by atoms with Gasteiger partial charge in [-0.15, -0.1) is 0 Å². The second-order valence-electron chi connectivity index (χ2n) is 3.46.